The average molecular weight is 273 g/mol. The number of amides is 1. The lowest BCUT2D eigenvalue weighted by molar-refractivity contribution is -0.128. The van der Waals surface area contributed by atoms with Gasteiger partial charge in [0.25, 0.3) is 0 Å². The van der Waals surface area contributed by atoms with Gasteiger partial charge in [-0.3, -0.25) is 4.79 Å². The minimum absolute atomic E-state index is 0.0898. The summed E-state index contributed by atoms with van der Waals surface area (Å²) in [6, 6.07) is 8.34. The Labute approximate surface area is 120 Å². The Balaban J connectivity index is 1.77. The van der Waals surface area contributed by atoms with Crippen LogP contribution in [-0.2, 0) is 11.3 Å². The van der Waals surface area contributed by atoms with Crippen LogP contribution in [0.1, 0.15) is 26.3 Å². The lowest BCUT2D eigenvalue weighted by atomic mass is 9.96. The van der Waals surface area contributed by atoms with Crippen molar-refractivity contribution in [3.05, 3.63) is 36.0 Å². The third-order valence-electron chi connectivity index (χ3n) is 3.27. The summed E-state index contributed by atoms with van der Waals surface area (Å²) in [4.78, 5) is 14.9. The number of hydrogen-bond acceptors (Lipinski definition) is 2. The number of fused-ring (bicyclic) bond motifs is 1. The molecule has 108 valence electrons. The summed E-state index contributed by atoms with van der Waals surface area (Å²) >= 11 is 0. The van der Waals surface area contributed by atoms with Crippen LogP contribution in [0.15, 0.2) is 30.5 Å². The largest absolute Gasteiger partial charge is 0.361 e. The van der Waals surface area contributed by atoms with Crippen molar-refractivity contribution in [3.8, 4) is 0 Å². The van der Waals surface area contributed by atoms with E-state index in [-0.39, 0.29) is 11.3 Å². The zero-order valence-corrected chi connectivity index (χ0v) is 12.4. The smallest absolute Gasteiger partial charge is 0.225 e. The lowest BCUT2D eigenvalue weighted by Gasteiger charge is -2.17. The van der Waals surface area contributed by atoms with Crippen LogP contribution in [0.25, 0.3) is 10.9 Å². The number of benzene rings is 1. The third kappa shape index (κ3) is 3.61. The highest BCUT2D eigenvalue weighted by atomic mass is 16.2. The van der Waals surface area contributed by atoms with Crippen LogP contribution >= 0.6 is 0 Å². The molecule has 3 N–H and O–H groups in total. The summed E-state index contributed by atoms with van der Waals surface area (Å²) in [6.07, 6.45) is 1.96. The Kier molecular flexibility index (Phi) is 4.45. The summed E-state index contributed by atoms with van der Waals surface area (Å²) in [5, 5.41) is 7.54. The molecule has 0 radical (unpaired) electrons. The number of hydrogen-bond donors (Lipinski definition) is 3. The average Bonchev–Trinajstić information content (AvgIpc) is 2.86. The molecule has 0 saturated carbocycles. The fraction of sp³-hybridized carbons (Fsp3) is 0.438. The fourth-order valence-corrected chi connectivity index (χ4v) is 2.06. The predicted molar refractivity (Wildman–Crippen MR) is 82.5 cm³/mol. The SMILES string of the molecule is CC(C)(C)C(=O)NCCNCc1cccc2[nH]ccc12. The molecular formula is C16H23N3O. The van der Waals surface area contributed by atoms with Crippen LogP contribution in [0.3, 0.4) is 0 Å². The van der Waals surface area contributed by atoms with Crippen molar-refractivity contribution in [1.82, 2.24) is 15.6 Å². The van der Waals surface area contributed by atoms with E-state index in [9.17, 15) is 4.79 Å². The van der Waals surface area contributed by atoms with Gasteiger partial charge in [-0.05, 0) is 17.7 Å². The van der Waals surface area contributed by atoms with E-state index in [0.29, 0.717) is 6.54 Å². The highest BCUT2D eigenvalue weighted by molar-refractivity contribution is 5.83. The Hall–Kier alpha value is -1.81. The normalized spacial score (nSPS) is 11.8. The first kappa shape index (κ1) is 14.6. The van der Waals surface area contributed by atoms with E-state index in [0.717, 1.165) is 18.6 Å². The second-order valence-corrected chi connectivity index (χ2v) is 6.04. The molecule has 2 aromatic rings. The molecule has 1 aromatic heterocycles. The molecule has 1 amide bonds. The van der Waals surface area contributed by atoms with E-state index in [1.165, 1.54) is 10.9 Å². The Bertz CT molecular complexity index is 581. The highest BCUT2D eigenvalue weighted by Crippen LogP contribution is 2.16. The summed E-state index contributed by atoms with van der Waals surface area (Å²) in [7, 11) is 0. The van der Waals surface area contributed by atoms with Gasteiger partial charge in [0.2, 0.25) is 5.91 Å². The lowest BCUT2D eigenvalue weighted by Crippen LogP contribution is -2.38. The molecule has 0 bridgehead atoms. The van der Waals surface area contributed by atoms with Gasteiger partial charge in [0.1, 0.15) is 0 Å². The molecule has 4 nitrogen and oxygen atoms in total. The minimum Gasteiger partial charge on any atom is -0.361 e. The summed E-state index contributed by atoms with van der Waals surface area (Å²) < 4.78 is 0. The van der Waals surface area contributed by atoms with Gasteiger partial charge < -0.3 is 15.6 Å². The van der Waals surface area contributed by atoms with E-state index in [4.69, 9.17) is 0 Å². The summed E-state index contributed by atoms with van der Waals surface area (Å²) in [5.74, 6) is 0.0898. The number of H-pyrrole nitrogens is 1. The predicted octanol–water partition coefficient (Wildman–Crippen LogP) is 2.42. The Morgan fingerprint density at radius 1 is 1.20 bits per heavy atom. The van der Waals surface area contributed by atoms with Crippen molar-refractivity contribution in [1.29, 1.82) is 0 Å². The van der Waals surface area contributed by atoms with E-state index >= 15 is 0 Å². The van der Waals surface area contributed by atoms with Gasteiger partial charge in [0, 0.05) is 42.1 Å². The zero-order chi connectivity index (χ0) is 14.6. The van der Waals surface area contributed by atoms with Gasteiger partial charge in [0.05, 0.1) is 0 Å². The molecule has 0 atom stereocenters. The molecule has 0 fully saturated rings. The topological polar surface area (TPSA) is 56.9 Å². The maximum atomic E-state index is 11.7. The van der Waals surface area contributed by atoms with Crippen molar-refractivity contribution >= 4 is 16.8 Å². The molecular weight excluding hydrogens is 250 g/mol. The molecule has 0 unspecified atom stereocenters. The van der Waals surface area contributed by atoms with Crippen molar-refractivity contribution < 1.29 is 4.79 Å². The van der Waals surface area contributed by atoms with E-state index in [2.05, 4.69) is 39.9 Å². The molecule has 0 aliphatic rings. The first-order chi connectivity index (χ1) is 9.48. The minimum atomic E-state index is -0.323. The van der Waals surface area contributed by atoms with Gasteiger partial charge in [-0.1, -0.05) is 32.9 Å². The number of nitrogens with one attached hydrogen (secondary N) is 3. The number of rotatable bonds is 5. The molecule has 0 aliphatic carbocycles. The van der Waals surface area contributed by atoms with Crippen LogP contribution in [-0.4, -0.2) is 24.0 Å². The van der Waals surface area contributed by atoms with Gasteiger partial charge in [-0.2, -0.15) is 0 Å². The quantitative estimate of drug-likeness (QED) is 0.733. The molecule has 1 aromatic carbocycles. The molecule has 0 spiro atoms. The van der Waals surface area contributed by atoms with Crippen molar-refractivity contribution in [2.75, 3.05) is 13.1 Å². The van der Waals surface area contributed by atoms with Crippen molar-refractivity contribution in [2.45, 2.75) is 27.3 Å². The highest BCUT2D eigenvalue weighted by Gasteiger charge is 2.19. The van der Waals surface area contributed by atoms with Crippen LogP contribution in [0, 0.1) is 5.41 Å². The second kappa shape index (κ2) is 6.09. The number of aromatic amines is 1. The monoisotopic (exact) mass is 273 g/mol. The van der Waals surface area contributed by atoms with Gasteiger partial charge in [0.15, 0.2) is 0 Å². The first-order valence-corrected chi connectivity index (χ1v) is 7.02. The number of carbonyl (C=O) groups excluding carboxylic acids is 1. The maximum absolute atomic E-state index is 11.7. The third-order valence-corrected chi connectivity index (χ3v) is 3.27. The standard InChI is InChI=1S/C16H23N3O/c1-16(2,3)15(20)19-10-9-17-11-12-5-4-6-14-13(12)7-8-18-14/h4-8,17-18H,9-11H2,1-3H3,(H,19,20). The molecule has 4 heteroatoms. The maximum Gasteiger partial charge on any atom is 0.225 e. The van der Waals surface area contributed by atoms with Crippen molar-refractivity contribution in [2.24, 2.45) is 5.41 Å². The van der Waals surface area contributed by atoms with E-state index in [1.54, 1.807) is 0 Å². The summed E-state index contributed by atoms with van der Waals surface area (Å²) in [6.45, 7) is 7.98. The molecule has 20 heavy (non-hydrogen) atoms. The van der Waals surface area contributed by atoms with Crippen molar-refractivity contribution in [3.63, 3.8) is 0 Å². The Morgan fingerprint density at radius 3 is 2.75 bits per heavy atom. The van der Waals surface area contributed by atoms with E-state index in [1.807, 2.05) is 27.0 Å². The Morgan fingerprint density at radius 2 is 2.00 bits per heavy atom. The molecule has 1 heterocycles. The van der Waals surface area contributed by atoms with Gasteiger partial charge in [-0.15, -0.1) is 0 Å². The van der Waals surface area contributed by atoms with Crippen LogP contribution in [0.2, 0.25) is 0 Å². The molecule has 0 saturated heterocycles. The molecule has 0 aliphatic heterocycles. The second-order valence-electron chi connectivity index (χ2n) is 6.04. The van der Waals surface area contributed by atoms with Crippen LogP contribution in [0.5, 0.6) is 0 Å². The van der Waals surface area contributed by atoms with Crippen LogP contribution in [0.4, 0.5) is 0 Å². The number of aromatic nitrogens is 1. The van der Waals surface area contributed by atoms with Crippen LogP contribution < -0.4 is 10.6 Å². The molecule has 2 rings (SSSR count). The number of carbonyl (C=O) groups is 1. The summed E-state index contributed by atoms with van der Waals surface area (Å²) in [5.41, 5.74) is 2.10. The first-order valence-electron chi connectivity index (χ1n) is 7.02. The van der Waals surface area contributed by atoms with E-state index < -0.39 is 0 Å². The zero-order valence-electron chi connectivity index (χ0n) is 12.4. The van der Waals surface area contributed by atoms with Gasteiger partial charge >= 0.3 is 0 Å². The van der Waals surface area contributed by atoms with Gasteiger partial charge in [-0.25, -0.2) is 0 Å². The fourth-order valence-electron chi connectivity index (χ4n) is 2.06.